The molecule has 2 N–H and O–H groups in total. The lowest BCUT2D eigenvalue weighted by Crippen LogP contribution is -2.17. The van der Waals surface area contributed by atoms with Crippen LogP contribution in [0.4, 0.5) is 8.78 Å². The van der Waals surface area contributed by atoms with E-state index in [9.17, 15) is 8.78 Å². The standard InChI is InChI=1S/C15H18ClF2N3/c1-3-13-15(16)14(21(4-2)20-13)8-12(19)9-5-10(17)7-11(18)6-9/h5-7,12H,3-4,8,19H2,1-2H3. The molecule has 0 aliphatic heterocycles. The second kappa shape index (κ2) is 6.54. The summed E-state index contributed by atoms with van der Waals surface area (Å²) in [5, 5.41) is 5.00. The van der Waals surface area contributed by atoms with Gasteiger partial charge in [-0.1, -0.05) is 18.5 Å². The average Bonchev–Trinajstić information content (AvgIpc) is 2.74. The van der Waals surface area contributed by atoms with Crippen molar-refractivity contribution in [1.29, 1.82) is 0 Å². The zero-order chi connectivity index (χ0) is 15.6. The van der Waals surface area contributed by atoms with E-state index in [-0.39, 0.29) is 0 Å². The van der Waals surface area contributed by atoms with E-state index in [2.05, 4.69) is 5.10 Å². The molecule has 0 saturated heterocycles. The van der Waals surface area contributed by atoms with Crippen LogP contribution in [0.2, 0.25) is 5.02 Å². The van der Waals surface area contributed by atoms with E-state index in [0.29, 0.717) is 23.6 Å². The summed E-state index contributed by atoms with van der Waals surface area (Å²) in [6, 6.07) is 2.78. The lowest BCUT2D eigenvalue weighted by Gasteiger charge is -2.14. The van der Waals surface area contributed by atoms with E-state index < -0.39 is 17.7 Å². The minimum Gasteiger partial charge on any atom is -0.324 e. The third-order valence-electron chi connectivity index (χ3n) is 3.42. The van der Waals surface area contributed by atoms with Crippen molar-refractivity contribution in [3.05, 3.63) is 51.8 Å². The minimum absolute atomic E-state index is 0.378. The van der Waals surface area contributed by atoms with Gasteiger partial charge in [0.05, 0.1) is 16.4 Å². The van der Waals surface area contributed by atoms with Gasteiger partial charge in [-0.15, -0.1) is 0 Å². The molecule has 21 heavy (non-hydrogen) atoms. The second-order valence-electron chi connectivity index (χ2n) is 4.89. The molecular formula is C15H18ClF2N3. The molecule has 0 aliphatic rings. The van der Waals surface area contributed by atoms with Gasteiger partial charge in [0.1, 0.15) is 11.6 Å². The Morgan fingerprint density at radius 2 is 1.86 bits per heavy atom. The molecule has 0 saturated carbocycles. The first-order valence-electron chi connectivity index (χ1n) is 6.91. The molecule has 1 heterocycles. The summed E-state index contributed by atoms with van der Waals surface area (Å²) in [6.45, 7) is 4.60. The van der Waals surface area contributed by atoms with Gasteiger partial charge in [-0.3, -0.25) is 4.68 Å². The van der Waals surface area contributed by atoms with E-state index in [4.69, 9.17) is 17.3 Å². The number of aromatic nitrogens is 2. The molecule has 1 aromatic carbocycles. The van der Waals surface area contributed by atoms with E-state index >= 15 is 0 Å². The maximum Gasteiger partial charge on any atom is 0.126 e. The zero-order valence-electron chi connectivity index (χ0n) is 12.0. The summed E-state index contributed by atoms with van der Waals surface area (Å²) in [6.07, 6.45) is 1.10. The fourth-order valence-corrected chi connectivity index (χ4v) is 2.67. The monoisotopic (exact) mass is 313 g/mol. The van der Waals surface area contributed by atoms with Gasteiger partial charge in [-0.05, 0) is 31.0 Å². The van der Waals surface area contributed by atoms with Crippen LogP contribution >= 0.6 is 11.6 Å². The number of benzene rings is 1. The molecule has 6 heteroatoms. The smallest absolute Gasteiger partial charge is 0.126 e. The Morgan fingerprint density at radius 3 is 2.38 bits per heavy atom. The molecule has 0 amide bonds. The Kier molecular flexibility index (Phi) is 4.96. The van der Waals surface area contributed by atoms with E-state index in [1.165, 1.54) is 12.1 Å². The molecule has 0 radical (unpaired) electrons. The molecule has 2 rings (SSSR count). The largest absolute Gasteiger partial charge is 0.324 e. The normalized spacial score (nSPS) is 12.7. The third kappa shape index (κ3) is 3.41. The van der Waals surface area contributed by atoms with Gasteiger partial charge < -0.3 is 5.73 Å². The highest BCUT2D eigenvalue weighted by atomic mass is 35.5. The van der Waals surface area contributed by atoms with E-state index in [1.807, 2.05) is 13.8 Å². The number of nitrogens with two attached hydrogens (primary N) is 1. The molecule has 3 nitrogen and oxygen atoms in total. The third-order valence-corrected chi connectivity index (χ3v) is 3.86. The lowest BCUT2D eigenvalue weighted by atomic mass is 10.0. The highest BCUT2D eigenvalue weighted by Crippen LogP contribution is 2.26. The van der Waals surface area contributed by atoms with E-state index in [0.717, 1.165) is 23.9 Å². The van der Waals surface area contributed by atoms with Crippen molar-refractivity contribution >= 4 is 11.6 Å². The van der Waals surface area contributed by atoms with Crippen LogP contribution in [-0.2, 0) is 19.4 Å². The van der Waals surface area contributed by atoms with Crippen molar-refractivity contribution in [3.63, 3.8) is 0 Å². The van der Waals surface area contributed by atoms with Crippen LogP contribution in [0.25, 0.3) is 0 Å². The highest BCUT2D eigenvalue weighted by molar-refractivity contribution is 6.31. The Morgan fingerprint density at radius 1 is 1.24 bits per heavy atom. The number of hydrogen-bond donors (Lipinski definition) is 1. The molecule has 1 atom stereocenters. The SMILES string of the molecule is CCc1nn(CC)c(CC(N)c2cc(F)cc(F)c2)c1Cl. The molecule has 0 spiro atoms. The molecule has 2 aromatic rings. The number of rotatable bonds is 5. The maximum absolute atomic E-state index is 13.3. The fourth-order valence-electron chi connectivity index (χ4n) is 2.33. The summed E-state index contributed by atoms with van der Waals surface area (Å²) in [5.41, 5.74) is 8.09. The quantitative estimate of drug-likeness (QED) is 0.916. The summed E-state index contributed by atoms with van der Waals surface area (Å²) in [5.74, 6) is -1.27. The first kappa shape index (κ1) is 15.9. The minimum atomic E-state index is -0.634. The van der Waals surface area contributed by atoms with Gasteiger partial charge in [-0.25, -0.2) is 8.78 Å². The van der Waals surface area contributed by atoms with Gasteiger partial charge in [0.25, 0.3) is 0 Å². The van der Waals surface area contributed by atoms with Crippen LogP contribution in [0.15, 0.2) is 18.2 Å². The number of nitrogens with zero attached hydrogens (tertiary/aromatic N) is 2. The van der Waals surface area contributed by atoms with Crippen LogP contribution in [0.3, 0.4) is 0 Å². The zero-order valence-corrected chi connectivity index (χ0v) is 12.8. The van der Waals surface area contributed by atoms with E-state index in [1.54, 1.807) is 4.68 Å². The van der Waals surface area contributed by atoms with Gasteiger partial charge in [0, 0.05) is 25.1 Å². The van der Waals surface area contributed by atoms with Crippen molar-refractivity contribution in [2.24, 2.45) is 5.73 Å². The number of aryl methyl sites for hydroxylation is 2. The highest BCUT2D eigenvalue weighted by Gasteiger charge is 2.18. The van der Waals surface area contributed by atoms with Crippen molar-refractivity contribution in [3.8, 4) is 0 Å². The lowest BCUT2D eigenvalue weighted by molar-refractivity contribution is 0.562. The molecule has 1 unspecified atom stereocenters. The molecule has 0 aliphatic carbocycles. The van der Waals surface area contributed by atoms with Crippen LogP contribution < -0.4 is 5.73 Å². The first-order valence-corrected chi connectivity index (χ1v) is 7.29. The van der Waals surface area contributed by atoms with Gasteiger partial charge in [-0.2, -0.15) is 5.10 Å². The molecule has 114 valence electrons. The average molecular weight is 314 g/mol. The van der Waals surface area contributed by atoms with Crippen LogP contribution in [0, 0.1) is 11.6 Å². The Labute approximate surface area is 127 Å². The second-order valence-corrected chi connectivity index (χ2v) is 5.27. The van der Waals surface area contributed by atoms with Crippen LogP contribution in [-0.4, -0.2) is 9.78 Å². The van der Waals surface area contributed by atoms with Gasteiger partial charge in [0.15, 0.2) is 0 Å². The van der Waals surface area contributed by atoms with Crippen molar-refractivity contribution in [2.45, 2.75) is 39.3 Å². The molecular weight excluding hydrogens is 296 g/mol. The Balaban J connectivity index is 2.30. The topological polar surface area (TPSA) is 43.8 Å². The molecule has 0 fully saturated rings. The predicted molar refractivity (Wildman–Crippen MR) is 79.3 cm³/mol. The van der Waals surface area contributed by atoms with Crippen molar-refractivity contribution < 1.29 is 8.78 Å². The number of halogens is 3. The van der Waals surface area contributed by atoms with Gasteiger partial charge in [0.2, 0.25) is 0 Å². The Hall–Kier alpha value is -1.46. The summed E-state index contributed by atoms with van der Waals surface area (Å²) in [7, 11) is 0. The van der Waals surface area contributed by atoms with Gasteiger partial charge >= 0.3 is 0 Å². The molecule has 0 bridgehead atoms. The Bertz CT molecular complexity index is 620. The molecule has 1 aromatic heterocycles. The number of hydrogen-bond acceptors (Lipinski definition) is 2. The first-order chi connectivity index (χ1) is 9.96. The predicted octanol–water partition coefficient (Wildman–Crippen LogP) is 3.64. The summed E-state index contributed by atoms with van der Waals surface area (Å²) in [4.78, 5) is 0. The summed E-state index contributed by atoms with van der Waals surface area (Å²) < 4.78 is 28.3. The summed E-state index contributed by atoms with van der Waals surface area (Å²) >= 11 is 6.32. The maximum atomic E-state index is 13.3. The van der Waals surface area contributed by atoms with Crippen LogP contribution in [0.5, 0.6) is 0 Å². The van der Waals surface area contributed by atoms with Crippen molar-refractivity contribution in [1.82, 2.24) is 9.78 Å². The fraction of sp³-hybridized carbons (Fsp3) is 0.400. The van der Waals surface area contributed by atoms with Crippen molar-refractivity contribution in [2.75, 3.05) is 0 Å². The van der Waals surface area contributed by atoms with Crippen LogP contribution in [0.1, 0.15) is 36.8 Å².